The molecule has 0 radical (unpaired) electrons. The fourth-order valence-corrected chi connectivity index (χ4v) is 4.73. The van der Waals surface area contributed by atoms with Gasteiger partial charge in [0.15, 0.2) is 9.84 Å². The Bertz CT molecular complexity index is 1170. The van der Waals surface area contributed by atoms with Crippen molar-refractivity contribution in [1.82, 2.24) is 19.9 Å². The molecular weight excluding hydrogens is 429 g/mol. The average Bonchev–Trinajstić information content (AvgIpc) is 3.23. The van der Waals surface area contributed by atoms with E-state index < -0.39 is 9.84 Å². The van der Waals surface area contributed by atoms with Crippen molar-refractivity contribution >= 4 is 15.5 Å². The summed E-state index contributed by atoms with van der Waals surface area (Å²) in [5.41, 5.74) is 3.36. The van der Waals surface area contributed by atoms with Crippen LogP contribution in [0.25, 0.3) is 5.69 Å². The first-order chi connectivity index (χ1) is 15.3. The number of nitrogens with zero attached hydrogens (tertiary/aromatic N) is 5. The molecule has 3 aromatic rings. The molecule has 1 fully saturated rings. The summed E-state index contributed by atoms with van der Waals surface area (Å²) in [5.74, 6) is -0.235. The highest BCUT2D eigenvalue weighted by Crippen LogP contribution is 2.21. The number of hydrogen-bond acceptors (Lipinski definition) is 6. The van der Waals surface area contributed by atoms with Gasteiger partial charge < -0.3 is 4.90 Å². The van der Waals surface area contributed by atoms with Gasteiger partial charge in [-0.2, -0.15) is 0 Å². The lowest BCUT2D eigenvalue weighted by molar-refractivity contribution is 0.247. The number of hydrogen-bond donors (Lipinski definition) is 0. The van der Waals surface area contributed by atoms with Crippen LogP contribution < -0.4 is 4.90 Å². The van der Waals surface area contributed by atoms with Crippen molar-refractivity contribution in [3.63, 3.8) is 0 Å². The normalized spacial score (nSPS) is 15.4. The molecule has 0 bridgehead atoms. The molecule has 4 rings (SSSR count). The van der Waals surface area contributed by atoms with Crippen LogP contribution in [0.5, 0.6) is 0 Å². The monoisotopic (exact) mass is 457 g/mol. The van der Waals surface area contributed by atoms with Gasteiger partial charge in [-0.25, -0.2) is 17.5 Å². The number of aromatic nitrogens is 3. The lowest BCUT2D eigenvalue weighted by Gasteiger charge is -2.35. The molecule has 7 nitrogen and oxygen atoms in total. The summed E-state index contributed by atoms with van der Waals surface area (Å²) in [5, 5.41) is 7.97. The molecule has 0 N–H and O–H groups in total. The molecule has 1 aliphatic heterocycles. The standard InChI is InChI=1S/C23H28FN5O2S/c1-18(2)32(30,31)17-19-5-3-7-22(13-19)28-11-9-27(10-12-28)15-21-16-29(26-25-21)23-8-4-6-20(24)14-23/h3-8,13-14,16,18H,9-12,15,17H2,1-2H3. The van der Waals surface area contributed by atoms with Crippen LogP contribution >= 0.6 is 0 Å². The molecule has 0 spiro atoms. The maximum Gasteiger partial charge on any atom is 0.156 e. The molecule has 0 unspecified atom stereocenters. The third kappa shape index (κ3) is 5.34. The number of rotatable bonds is 7. The van der Waals surface area contributed by atoms with Crippen LogP contribution in [0.15, 0.2) is 54.7 Å². The van der Waals surface area contributed by atoms with E-state index in [1.54, 1.807) is 30.7 Å². The third-order valence-corrected chi connectivity index (χ3v) is 7.91. The van der Waals surface area contributed by atoms with Crippen LogP contribution in [-0.4, -0.2) is 59.7 Å². The first kappa shape index (κ1) is 22.4. The Morgan fingerprint density at radius 2 is 1.72 bits per heavy atom. The second-order valence-electron chi connectivity index (χ2n) is 8.42. The number of piperazine rings is 1. The van der Waals surface area contributed by atoms with Gasteiger partial charge in [-0.1, -0.05) is 23.4 Å². The molecular formula is C23H28FN5O2S. The molecule has 2 heterocycles. The number of benzene rings is 2. The van der Waals surface area contributed by atoms with Crippen LogP contribution in [0, 0.1) is 5.82 Å². The van der Waals surface area contributed by atoms with Gasteiger partial charge in [-0.3, -0.25) is 4.90 Å². The molecule has 1 aliphatic rings. The predicted molar refractivity (Wildman–Crippen MR) is 123 cm³/mol. The van der Waals surface area contributed by atoms with Gasteiger partial charge in [-0.15, -0.1) is 5.10 Å². The van der Waals surface area contributed by atoms with E-state index in [-0.39, 0.29) is 16.8 Å². The zero-order valence-electron chi connectivity index (χ0n) is 18.4. The Kier molecular flexibility index (Phi) is 6.57. The van der Waals surface area contributed by atoms with Crippen molar-refractivity contribution in [3.8, 4) is 5.69 Å². The van der Waals surface area contributed by atoms with Crippen LogP contribution in [0.2, 0.25) is 0 Å². The minimum atomic E-state index is -3.13. The molecule has 0 aliphatic carbocycles. The van der Waals surface area contributed by atoms with E-state index in [0.29, 0.717) is 12.2 Å². The van der Waals surface area contributed by atoms with E-state index >= 15 is 0 Å². The summed E-state index contributed by atoms with van der Waals surface area (Å²) < 4.78 is 39.6. The Morgan fingerprint density at radius 1 is 1.00 bits per heavy atom. The highest BCUT2D eigenvalue weighted by atomic mass is 32.2. The largest absolute Gasteiger partial charge is 0.369 e. The van der Waals surface area contributed by atoms with Crippen LogP contribution in [0.1, 0.15) is 25.1 Å². The van der Waals surface area contributed by atoms with Crippen molar-refractivity contribution in [2.24, 2.45) is 0 Å². The maximum atomic E-state index is 13.4. The average molecular weight is 458 g/mol. The quantitative estimate of drug-likeness (QED) is 0.543. The molecule has 32 heavy (non-hydrogen) atoms. The smallest absolute Gasteiger partial charge is 0.156 e. The van der Waals surface area contributed by atoms with Crippen molar-refractivity contribution in [1.29, 1.82) is 0 Å². The minimum absolute atomic E-state index is 0.0689. The summed E-state index contributed by atoms with van der Waals surface area (Å²) in [4.78, 5) is 4.59. The SMILES string of the molecule is CC(C)S(=O)(=O)Cc1cccc(N2CCN(Cc3cn(-c4cccc(F)c4)nn3)CC2)c1. The summed E-state index contributed by atoms with van der Waals surface area (Å²) in [7, 11) is -3.13. The molecule has 170 valence electrons. The molecule has 1 saturated heterocycles. The molecule has 0 atom stereocenters. The van der Waals surface area contributed by atoms with Gasteiger partial charge in [0.25, 0.3) is 0 Å². The summed E-state index contributed by atoms with van der Waals surface area (Å²) in [6.07, 6.45) is 1.83. The van der Waals surface area contributed by atoms with E-state index in [1.807, 2.05) is 30.5 Å². The molecule has 0 amide bonds. The lowest BCUT2D eigenvalue weighted by atomic mass is 10.2. The minimum Gasteiger partial charge on any atom is -0.369 e. The Hall–Kier alpha value is -2.78. The molecule has 9 heteroatoms. The number of halogens is 1. The van der Waals surface area contributed by atoms with Crippen molar-refractivity contribution in [2.75, 3.05) is 31.1 Å². The van der Waals surface area contributed by atoms with Crippen molar-refractivity contribution < 1.29 is 12.8 Å². The summed E-state index contributed by atoms with van der Waals surface area (Å²) in [6.45, 7) is 7.53. The van der Waals surface area contributed by atoms with Crippen LogP contribution in [0.4, 0.5) is 10.1 Å². The first-order valence-electron chi connectivity index (χ1n) is 10.8. The highest BCUT2D eigenvalue weighted by molar-refractivity contribution is 7.91. The fraction of sp³-hybridized carbons (Fsp3) is 0.391. The van der Waals surface area contributed by atoms with Gasteiger partial charge in [0.1, 0.15) is 5.82 Å². The van der Waals surface area contributed by atoms with E-state index in [9.17, 15) is 12.8 Å². The number of anilines is 1. The number of sulfone groups is 1. The van der Waals surface area contributed by atoms with Gasteiger partial charge in [0.05, 0.1) is 28.6 Å². The van der Waals surface area contributed by atoms with Crippen molar-refractivity contribution in [2.45, 2.75) is 31.4 Å². The topological polar surface area (TPSA) is 71.3 Å². The summed E-state index contributed by atoms with van der Waals surface area (Å²) >= 11 is 0. The zero-order valence-corrected chi connectivity index (χ0v) is 19.2. The summed E-state index contributed by atoms with van der Waals surface area (Å²) in [6, 6.07) is 14.1. The molecule has 1 aromatic heterocycles. The highest BCUT2D eigenvalue weighted by Gasteiger charge is 2.20. The van der Waals surface area contributed by atoms with Gasteiger partial charge in [0.2, 0.25) is 0 Å². The zero-order chi connectivity index (χ0) is 22.7. The van der Waals surface area contributed by atoms with Crippen molar-refractivity contribution in [3.05, 3.63) is 71.8 Å². The van der Waals surface area contributed by atoms with Gasteiger partial charge in [0, 0.05) is 38.4 Å². The Labute approximate surface area is 188 Å². The maximum absolute atomic E-state index is 13.4. The lowest BCUT2D eigenvalue weighted by Crippen LogP contribution is -2.46. The van der Waals surface area contributed by atoms with E-state index in [2.05, 4.69) is 20.1 Å². The van der Waals surface area contributed by atoms with E-state index in [0.717, 1.165) is 43.1 Å². The van der Waals surface area contributed by atoms with Gasteiger partial charge in [-0.05, 0) is 49.7 Å². The second-order valence-corrected chi connectivity index (χ2v) is 11.0. The van der Waals surface area contributed by atoms with Gasteiger partial charge >= 0.3 is 0 Å². The molecule has 2 aromatic carbocycles. The Balaban J connectivity index is 1.34. The van der Waals surface area contributed by atoms with E-state index in [1.165, 1.54) is 12.1 Å². The predicted octanol–water partition coefficient (Wildman–Crippen LogP) is 3.05. The molecule has 0 saturated carbocycles. The van der Waals surface area contributed by atoms with Crippen LogP contribution in [0.3, 0.4) is 0 Å². The Morgan fingerprint density at radius 3 is 2.44 bits per heavy atom. The third-order valence-electron chi connectivity index (χ3n) is 5.73. The second kappa shape index (κ2) is 9.38. The van der Waals surface area contributed by atoms with Crippen LogP contribution in [-0.2, 0) is 22.1 Å². The first-order valence-corrected chi connectivity index (χ1v) is 12.5. The fourth-order valence-electron chi connectivity index (χ4n) is 3.75. The van der Waals surface area contributed by atoms with E-state index in [4.69, 9.17) is 0 Å².